The number of fused-ring (bicyclic) bond motifs is 1. The molecule has 0 bridgehead atoms. The molecule has 1 aromatic carbocycles. The summed E-state index contributed by atoms with van der Waals surface area (Å²) in [5.41, 5.74) is 1.80. The van der Waals surface area contributed by atoms with E-state index in [1.807, 2.05) is 35.7 Å². The van der Waals surface area contributed by atoms with E-state index >= 15 is 0 Å². The highest BCUT2D eigenvalue weighted by atomic mass is 127. The van der Waals surface area contributed by atoms with Crippen LogP contribution in [-0.2, 0) is 0 Å². The summed E-state index contributed by atoms with van der Waals surface area (Å²) in [6.07, 6.45) is 0.810. The maximum absolute atomic E-state index is 12.2. The van der Waals surface area contributed by atoms with Gasteiger partial charge in [0.1, 0.15) is 5.75 Å². The van der Waals surface area contributed by atoms with Gasteiger partial charge in [0, 0.05) is 17.4 Å². The highest BCUT2D eigenvalue weighted by molar-refractivity contribution is 14.1. The quantitative estimate of drug-likeness (QED) is 0.803. The molecule has 3 rings (SSSR count). The van der Waals surface area contributed by atoms with Gasteiger partial charge in [0.15, 0.2) is 0 Å². The molecular weight excluding hydrogens is 373 g/mol. The maximum atomic E-state index is 12.2. The molecule has 1 aliphatic rings. The van der Waals surface area contributed by atoms with Crippen molar-refractivity contribution in [2.24, 2.45) is 0 Å². The van der Waals surface area contributed by atoms with Crippen molar-refractivity contribution in [1.82, 2.24) is 5.32 Å². The third kappa shape index (κ3) is 2.76. The number of carbonyl (C=O) groups excluding carboxylic acids is 1. The molecule has 1 aromatic heterocycles. The predicted octanol–water partition coefficient (Wildman–Crippen LogP) is 3.61. The van der Waals surface area contributed by atoms with Gasteiger partial charge < -0.3 is 10.1 Å². The number of para-hydroxylation sites is 1. The molecule has 1 N–H and O–H groups in total. The molecule has 1 aliphatic heterocycles. The lowest BCUT2D eigenvalue weighted by Gasteiger charge is -2.26. The lowest BCUT2D eigenvalue weighted by atomic mass is 10.0. The molecule has 0 spiro atoms. The van der Waals surface area contributed by atoms with E-state index in [0.29, 0.717) is 6.61 Å². The van der Waals surface area contributed by atoms with Gasteiger partial charge in [-0.25, -0.2) is 0 Å². The lowest BCUT2D eigenvalue weighted by molar-refractivity contribution is 0.0925. The van der Waals surface area contributed by atoms with E-state index in [0.717, 1.165) is 26.2 Å². The smallest absolute Gasteiger partial charge is 0.252 e. The summed E-state index contributed by atoms with van der Waals surface area (Å²) in [7, 11) is 0. The molecule has 0 saturated carbocycles. The monoisotopic (exact) mass is 385 g/mol. The minimum Gasteiger partial charge on any atom is -0.493 e. The van der Waals surface area contributed by atoms with Gasteiger partial charge in [-0.2, -0.15) is 0 Å². The second-order valence-electron chi connectivity index (χ2n) is 4.34. The number of amides is 1. The molecule has 0 aliphatic carbocycles. The molecule has 0 radical (unpaired) electrons. The van der Waals surface area contributed by atoms with Gasteiger partial charge in [-0.3, -0.25) is 4.79 Å². The van der Waals surface area contributed by atoms with Gasteiger partial charge in [-0.15, -0.1) is 11.3 Å². The van der Waals surface area contributed by atoms with Crippen molar-refractivity contribution >= 4 is 39.8 Å². The summed E-state index contributed by atoms with van der Waals surface area (Å²) in [6, 6.07) is 9.82. The Balaban J connectivity index is 1.79. The van der Waals surface area contributed by atoms with E-state index in [9.17, 15) is 4.79 Å². The number of thiophene rings is 1. The van der Waals surface area contributed by atoms with Crippen LogP contribution in [0.4, 0.5) is 0 Å². The largest absolute Gasteiger partial charge is 0.493 e. The molecule has 19 heavy (non-hydrogen) atoms. The number of hydrogen-bond donors (Lipinski definition) is 1. The van der Waals surface area contributed by atoms with Crippen molar-refractivity contribution in [3.63, 3.8) is 0 Å². The number of carbonyl (C=O) groups is 1. The van der Waals surface area contributed by atoms with Crippen LogP contribution in [0.15, 0.2) is 35.7 Å². The molecule has 0 fully saturated rings. The molecule has 1 amide bonds. The van der Waals surface area contributed by atoms with Gasteiger partial charge in [-0.05, 0) is 34.7 Å². The normalized spacial score (nSPS) is 17.4. The fraction of sp³-hybridized carbons (Fsp3) is 0.214. The molecule has 2 aromatic rings. The standard InChI is InChI=1S/C14H12INO2S/c15-13-7-9(8-19-13)14(17)16-11-5-6-18-12-4-2-1-3-10(11)12/h1-4,7-8,11H,5-6H2,(H,16,17). The molecule has 3 nitrogen and oxygen atoms in total. The van der Waals surface area contributed by atoms with E-state index in [-0.39, 0.29) is 11.9 Å². The van der Waals surface area contributed by atoms with Crippen LogP contribution in [0.3, 0.4) is 0 Å². The average Bonchev–Trinajstić information content (AvgIpc) is 2.86. The third-order valence-corrected chi connectivity index (χ3v) is 4.88. The van der Waals surface area contributed by atoms with E-state index < -0.39 is 0 Å². The Bertz CT molecular complexity index is 611. The van der Waals surface area contributed by atoms with E-state index in [1.54, 1.807) is 11.3 Å². The molecule has 0 saturated heterocycles. The van der Waals surface area contributed by atoms with Crippen LogP contribution in [0.5, 0.6) is 5.75 Å². The SMILES string of the molecule is O=C(NC1CCOc2ccccc21)c1csc(I)c1. The summed E-state index contributed by atoms with van der Waals surface area (Å²) in [6.45, 7) is 0.642. The first-order valence-electron chi connectivity index (χ1n) is 6.00. The summed E-state index contributed by atoms with van der Waals surface area (Å²) in [4.78, 5) is 12.2. The Hall–Kier alpha value is -1.08. The van der Waals surface area contributed by atoms with Crippen molar-refractivity contribution in [2.75, 3.05) is 6.61 Å². The molecular formula is C14H12INO2S. The topological polar surface area (TPSA) is 38.3 Å². The molecule has 98 valence electrons. The second kappa shape index (κ2) is 5.50. The van der Waals surface area contributed by atoms with Crippen LogP contribution in [-0.4, -0.2) is 12.5 Å². The highest BCUT2D eigenvalue weighted by Crippen LogP contribution is 2.31. The number of rotatable bonds is 2. The fourth-order valence-electron chi connectivity index (χ4n) is 2.16. The first kappa shape index (κ1) is 12.9. The van der Waals surface area contributed by atoms with Gasteiger partial charge in [0.05, 0.1) is 21.1 Å². The zero-order valence-corrected chi connectivity index (χ0v) is 13.0. The Kier molecular flexibility index (Phi) is 3.74. The number of nitrogens with one attached hydrogen (secondary N) is 1. The predicted molar refractivity (Wildman–Crippen MR) is 83.8 cm³/mol. The summed E-state index contributed by atoms with van der Waals surface area (Å²) in [5.74, 6) is 0.861. The number of hydrogen-bond acceptors (Lipinski definition) is 3. The van der Waals surface area contributed by atoms with Crippen molar-refractivity contribution in [3.05, 3.63) is 49.7 Å². The first-order chi connectivity index (χ1) is 9.24. The number of benzene rings is 1. The minimum absolute atomic E-state index is 0.0131. The Morgan fingerprint density at radius 3 is 3.05 bits per heavy atom. The minimum atomic E-state index is -0.0131. The van der Waals surface area contributed by atoms with Crippen LogP contribution < -0.4 is 10.1 Å². The zero-order valence-electron chi connectivity index (χ0n) is 10.1. The first-order valence-corrected chi connectivity index (χ1v) is 7.96. The fourth-order valence-corrected chi connectivity index (χ4v) is 3.49. The summed E-state index contributed by atoms with van der Waals surface area (Å²) >= 11 is 3.81. The van der Waals surface area contributed by atoms with E-state index in [1.165, 1.54) is 0 Å². The molecule has 1 unspecified atom stereocenters. The van der Waals surface area contributed by atoms with Crippen LogP contribution >= 0.6 is 33.9 Å². The van der Waals surface area contributed by atoms with E-state index in [4.69, 9.17) is 4.74 Å². The van der Waals surface area contributed by atoms with Crippen LogP contribution in [0.2, 0.25) is 0 Å². The average molecular weight is 385 g/mol. The second-order valence-corrected chi connectivity index (χ2v) is 7.15. The van der Waals surface area contributed by atoms with Gasteiger partial charge in [0.2, 0.25) is 0 Å². The third-order valence-electron chi connectivity index (χ3n) is 3.09. The zero-order chi connectivity index (χ0) is 13.2. The summed E-state index contributed by atoms with van der Waals surface area (Å²) in [5, 5.41) is 4.98. The molecule has 1 atom stereocenters. The van der Waals surface area contributed by atoms with Crippen molar-refractivity contribution < 1.29 is 9.53 Å². The van der Waals surface area contributed by atoms with Crippen LogP contribution in [0.1, 0.15) is 28.4 Å². The number of ether oxygens (including phenoxy) is 1. The molecule has 5 heteroatoms. The van der Waals surface area contributed by atoms with Crippen molar-refractivity contribution in [3.8, 4) is 5.75 Å². The maximum Gasteiger partial charge on any atom is 0.252 e. The van der Waals surface area contributed by atoms with Crippen LogP contribution in [0, 0.1) is 2.88 Å². The number of halogens is 1. The van der Waals surface area contributed by atoms with Crippen LogP contribution in [0.25, 0.3) is 0 Å². The van der Waals surface area contributed by atoms with Gasteiger partial charge >= 0.3 is 0 Å². The highest BCUT2D eigenvalue weighted by Gasteiger charge is 2.23. The Labute approximate surface area is 129 Å². The Morgan fingerprint density at radius 2 is 2.26 bits per heavy atom. The van der Waals surface area contributed by atoms with Gasteiger partial charge in [-0.1, -0.05) is 18.2 Å². The van der Waals surface area contributed by atoms with Crippen molar-refractivity contribution in [2.45, 2.75) is 12.5 Å². The van der Waals surface area contributed by atoms with Crippen molar-refractivity contribution in [1.29, 1.82) is 0 Å². The van der Waals surface area contributed by atoms with Gasteiger partial charge in [0.25, 0.3) is 5.91 Å². The Morgan fingerprint density at radius 1 is 1.42 bits per heavy atom. The lowest BCUT2D eigenvalue weighted by Crippen LogP contribution is -2.31. The molecule has 2 heterocycles. The summed E-state index contributed by atoms with van der Waals surface area (Å²) < 4.78 is 6.72. The van der Waals surface area contributed by atoms with E-state index in [2.05, 4.69) is 27.9 Å².